The van der Waals surface area contributed by atoms with E-state index in [9.17, 15) is 4.79 Å². The minimum atomic E-state index is -0.0128. The van der Waals surface area contributed by atoms with Crippen LogP contribution in [0.3, 0.4) is 0 Å². The van der Waals surface area contributed by atoms with Crippen LogP contribution in [0.15, 0.2) is 12.2 Å². The molecule has 0 aromatic carbocycles. The molecule has 0 atom stereocenters. The van der Waals surface area contributed by atoms with Crippen molar-refractivity contribution in [3.63, 3.8) is 0 Å². The lowest BCUT2D eigenvalue weighted by Crippen LogP contribution is -2.24. The van der Waals surface area contributed by atoms with Gasteiger partial charge in [-0.05, 0) is 19.3 Å². The maximum absolute atomic E-state index is 11.1. The highest BCUT2D eigenvalue weighted by Crippen LogP contribution is 2.07. The maximum Gasteiger partial charge on any atom is 0.246 e. The first-order valence-electron chi connectivity index (χ1n) is 4.03. The van der Waals surface area contributed by atoms with Gasteiger partial charge >= 0.3 is 0 Å². The third-order valence-electron chi connectivity index (χ3n) is 1.31. The van der Waals surface area contributed by atoms with E-state index in [-0.39, 0.29) is 5.91 Å². The van der Waals surface area contributed by atoms with Crippen molar-refractivity contribution in [2.75, 3.05) is 6.54 Å². The molecule has 11 heavy (non-hydrogen) atoms. The number of hydrogen-bond acceptors (Lipinski definition) is 1. The highest BCUT2D eigenvalue weighted by Gasteiger charge is 2.06. The second-order valence-electron chi connectivity index (χ2n) is 3.06. The highest BCUT2D eigenvalue weighted by atomic mass is 16.1. The van der Waals surface area contributed by atoms with E-state index in [1.54, 1.807) is 0 Å². The summed E-state index contributed by atoms with van der Waals surface area (Å²) in [5.41, 5.74) is 0.682. The van der Waals surface area contributed by atoms with E-state index in [1.165, 1.54) is 0 Å². The number of rotatable bonds is 4. The van der Waals surface area contributed by atoms with Gasteiger partial charge in [0.05, 0.1) is 0 Å². The van der Waals surface area contributed by atoms with Crippen LogP contribution in [0.5, 0.6) is 0 Å². The first-order chi connectivity index (χ1) is 5.07. The van der Waals surface area contributed by atoms with Gasteiger partial charge in [-0.15, -0.1) is 0 Å². The Morgan fingerprint density at radius 3 is 2.45 bits per heavy atom. The molecule has 0 unspecified atom stereocenters. The quantitative estimate of drug-likeness (QED) is 0.615. The molecule has 0 saturated carbocycles. The van der Waals surface area contributed by atoms with Gasteiger partial charge in [-0.1, -0.05) is 20.4 Å². The molecular formula is C9H17NO. The molecule has 0 fully saturated rings. The molecule has 0 spiro atoms. The van der Waals surface area contributed by atoms with E-state index in [0.717, 1.165) is 6.42 Å². The average Bonchev–Trinajstić information content (AvgIpc) is 1.86. The SMILES string of the molecule is C=C(CC(C)C)C(=O)NCC. The Hall–Kier alpha value is -0.790. The van der Waals surface area contributed by atoms with Crippen LogP contribution in [0.25, 0.3) is 0 Å². The van der Waals surface area contributed by atoms with Gasteiger partial charge in [-0.3, -0.25) is 4.79 Å². The summed E-state index contributed by atoms with van der Waals surface area (Å²) >= 11 is 0. The number of likely N-dealkylation sites (N-methyl/N-ethyl adjacent to an activating group) is 1. The fourth-order valence-electron chi connectivity index (χ4n) is 0.871. The third-order valence-corrected chi connectivity index (χ3v) is 1.31. The minimum Gasteiger partial charge on any atom is -0.353 e. The molecule has 0 aliphatic heterocycles. The maximum atomic E-state index is 11.1. The molecule has 0 radical (unpaired) electrons. The van der Waals surface area contributed by atoms with Crippen molar-refractivity contribution in [3.05, 3.63) is 12.2 Å². The zero-order chi connectivity index (χ0) is 8.85. The lowest BCUT2D eigenvalue weighted by atomic mass is 10.0. The second kappa shape index (κ2) is 4.94. The number of amides is 1. The highest BCUT2D eigenvalue weighted by molar-refractivity contribution is 5.92. The lowest BCUT2D eigenvalue weighted by Gasteiger charge is -2.07. The van der Waals surface area contributed by atoms with E-state index in [1.807, 2.05) is 6.92 Å². The van der Waals surface area contributed by atoms with Crippen LogP contribution in [-0.4, -0.2) is 12.5 Å². The summed E-state index contributed by atoms with van der Waals surface area (Å²) in [4.78, 5) is 11.1. The van der Waals surface area contributed by atoms with E-state index in [0.29, 0.717) is 18.0 Å². The molecule has 0 heterocycles. The summed E-state index contributed by atoms with van der Waals surface area (Å²) in [7, 11) is 0. The topological polar surface area (TPSA) is 29.1 Å². The average molecular weight is 155 g/mol. The van der Waals surface area contributed by atoms with Crippen molar-refractivity contribution in [2.24, 2.45) is 5.92 Å². The van der Waals surface area contributed by atoms with E-state index < -0.39 is 0 Å². The molecule has 0 aromatic rings. The van der Waals surface area contributed by atoms with Crippen molar-refractivity contribution in [2.45, 2.75) is 27.2 Å². The van der Waals surface area contributed by atoms with Crippen molar-refractivity contribution < 1.29 is 4.79 Å². The minimum absolute atomic E-state index is 0.0128. The van der Waals surface area contributed by atoms with Crippen molar-refractivity contribution in [1.82, 2.24) is 5.32 Å². The molecule has 0 bridgehead atoms. The Kier molecular flexibility index (Phi) is 4.59. The monoisotopic (exact) mass is 155 g/mol. The Labute approximate surface area is 68.7 Å². The fraction of sp³-hybridized carbons (Fsp3) is 0.667. The van der Waals surface area contributed by atoms with Crippen LogP contribution < -0.4 is 5.32 Å². The van der Waals surface area contributed by atoms with Gasteiger partial charge in [0.2, 0.25) is 5.91 Å². The molecule has 2 nitrogen and oxygen atoms in total. The molecule has 1 amide bonds. The van der Waals surface area contributed by atoms with E-state index >= 15 is 0 Å². The third kappa shape index (κ3) is 4.59. The molecule has 1 N–H and O–H groups in total. The van der Waals surface area contributed by atoms with Crippen LogP contribution in [-0.2, 0) is 4.79 Å². The molecule has 0 rings (SSSR count). The largest absolute Gasteiger partial charge is 0.353 e. The Balaban J connectivity index is 3.74. The van der Waals surface area contributed by atoms with Gasteiger partial charge in [0, 0.05) is 12.1 Å². The van der Waals surface area contributed by atoms with Crippen molar-refractivity contribution in [3.8, 4) is 0 Å². The molecule has 0 aliphatic rings. The normalized spacial score (nSPS) is 9.82. The van der Waals surface area contributed by atoms with Gasteiger partial charge in [0.1, 0.15) is 0 Å². The summed E-state index contributed by atoms with van der Waals surface area (Å²) in [6.07, 6.45) is 0.784. The van der Waals surface area contributed by atoms with Crippen LogP contribution in [0.4, 0.5) is 0 Å². The second-order valence-corrected chi connectivity index (χ2v) is 3.06. The lowest BCUT2D eigenvalue weighted by molar-refractivity contribution is -0.117. The van der Waals surface area contributed by atoms with Gasteiger partial charge in [0.15, 0.2) is 0 Å². The standard InChI is InChI=1S/C9H17NO/c1-5-10-9(11)8(4)6-7(2)3/h7H,4-6H2,1-3H3,(H,10,11). The van der Waals surface area contributed by atoms with Gasteiger partial charge < -0.3 is 5.32 Å². The molecule has 0 saturated heterocycles. The zero-order valence-corrected chi connectivity index (χ0v) is 7.61. The molecule has 0 aliphatic carbocycles. The van der Waals surface area contributed by atoms with Gasteiger partial charge in [0.25, 0.3) is 0 Å². The number of carbonyl (C=O) groups is 1. The molecule has 64 valence electrons. The fourth-order valence-corrected chi connectivity index (χ4v) is 0.871. The first-order valence-corrected chi connectivity index (χ1v) is 4.03. The predicted molar refractivity (Wildman–Crippen MR) is 47.3 cm³/mol. The zero-order valence-electron chi connectivity index (χ0n) is 7.61. The number of hydrogen-bond donors (Lipinski definition) is 1. The Bertz CT molecular complexity index is 150. The Morgan fingerprint density at radius 1 is 1.55 bits per heavy atom. The van der Waals surface area contributed by atoms with Crippen molar-refractivity contribution >= 4 is 5.91 Å². The summed E-state index contributed by atoms with van der Waals surface area (Å²) < 4.78 is 0. The van der Waals surface area contributed by atoms with Crippen LogP contribution in [0.1, 0.15) is 27.2 Å². The van der Waals surface area contributed by atoms with E-state index in [2.05, 4.69) is 25.7 Å². The summed E-state index contributed by atoms with van der Waals surface area (Å²) in [6, 6.07) is 0. The van der Waals surface area contributed by atoms with Gasteiger partial charge in [-0.2, -0.15) is 0 Å². The van der Waals surface area contributed by atoms with Crippen LogP contribution in [0, 0.1) is 5.92 Å². The van der Waals surface area contributed by atoms with Crippen molar-refractivity contribution in [1.29, 1.82) is 0 Å². The molecule has 2 heteroatoms. The smallest absolute Gasteiger partial charge is 0.246 e. The van der Waals surface area contributed by atoms with E-state index in [4.69, 9.17) is 0 Å². The molecule has 0 aromatic heterocycles. The van der Waals surface area contributed by atoms with Gasteiger partial charge in [-0.25, -0.2) is 0 Å². The van der Waals surface area contributed by atoms with Crippen LogP contribution in [0.2, 0.25) is 0 Å². The predicted octanol–water partition coefficient (Wildman–Crippen LogP) is 1.72. The molecular weight excluding hydrogens is 138 g/mol. The summed E-state index contributed by atoms with van der Waals surface area (Å²) in [5, 5.41) is 2.71. The summed E-state index contributed by atoms with van der Waals surface area (Å²) in [5.74, 6) is 0.492. The Morgan fingerprint density at radius 2 is 2.09 bits per heavy atom. The number of carbonyl (C=O) groups excluding carboxylic acids is 1. The van der Waals surface area contributed by atoms with Crippen LogP contribution >= 0.6 is 0 Å². The number of nitrogens with one attached hydrogen (secondary N) is 1. The summed E-state index contributed by atoms with van der Waals surface area (Å²) in [6.45, 7) is 10.4. The first kappa shape index (κ1) is 10.2.